The van der Waals surface area contributed by atoms with Gasteiger partial charge in [-0.25, -0.2) is 0 Å². The summed E-state index contributed by atoms with van der Waals surface area (Å²) in [6, 6.07) is 17.9. The molecule has 0 amide bonds. The highest BCUT2D eigenvalue weighted by molar-refractivity contribution is 7.99. The highest BCUT2D eigenvalue weighted by Gasteiger charge is 2.19. The predicted octanol–water partition coefficient (Wildman–Crippen LogP) is 5.49. The molecule has 2 aromatic carbocycles. The van der Waals surface area contributed by atoms with E-state index >= 15 is 0 Å². The molecule has 0 spiro atoms. The van der Waals surface area contributed by atoms with E-state index in [1.807, 2.05) is 67.8 Å². The molecule has 0 bridgehead atoms. The predicted molar refractivity (Wildman–Crippen MR) is 119 cm³/mol. The fourth-order valence-corrected chi connectivity index (χ4v) is 4.08. The van der Waals surface area contributed by atoms with Crippen LogP contribution in [0.2, 0.25) is 0 Å². The van der Waals surface area contributed by atoms with Gasteiger partial charge < -0.3 is 4.42 Å². The molecule has 152 valence electrons. The van der Waals surface area contributed by atoms with Crippen LogP contribution in [0.3, 0.4) is 0 Å². The van der Waals surface area contributed by atoms with Crippen molar-refractivity contribution in [3.05, 3.63) is 88.9 Å². The van der Waals surface area contributed by atoms with E-state index in [9.17, 15) is 4.79 Å². The zero-order valence-electron chi connectivity index (χ0n) is 17.3. The van der Waals surface area contributed by atoms with Gasteiger partial charge in [0.25, 0.3) is 0 Å². The molecule has 0 N–H and O–H groups in total. The minimum atomic E-state index is 0.0819. The number of aromatic nitrogens is 3. The van der Waals surface area contributed by atoms with Gasteiger partial charge in [-0.2, -0.15) is 0 Å². The molecule has 0 saturated carbocycles. The van der Waals surface area contributed by atoms with Crippen molar-refractivity contribution in [1.82, 2.24) is 14.8 Å². The lowest BCUT2D eigenvalue weighted by Crippen LogP contribution is -2.07. The maximum atomic E-state index is 12.7. The molecule has 2 heterocycles. The number of rotatable bonds is 7. The Labute approximate surface area is 180 Å². The average Bonchev–Trinajstić information content (AvgIpc) is 3.34. The van der Waals surface area contributed by atoms with Gasteiger partial charge in [-0.15, -0.1) is 10.2 Å². The smallest absolute Gasteiger partial charge is 0.192 e. The van der Waals surface area contributed by atoms with Crippen molar-refractivity contribution in [1.29, 1.82) is 0 Å². The van der Waals surface area contributed by atoms with Crippen molar-refractivity contribution in [2.45, 2.75) is 32.5 Å². The van der Waals surface area contributed by atoms with Crippen LogP contribution in [0.4, 0.5) is 0 Å². The zero-order chi connectivity index (χ0) is 21.1. The van der Waals surface area contributed by atoms with Crippen molar-refractivity contribution >= 4 is 17.5 Å². The van der Waals surface area contributed by atoms with Gasteiger partial charge >= 0.3 is 0 Å². The van der Waals surface area contributed by atoms with Crippen molar-refractivity contribution in [3.8, 4) is 11.4 Å². The van der Waals surface area contributed by atoms with Gasteiger partial charge in [0.2, 0.25) is 0 Å². The third kappa shape index (κ3) is 4.24. The van der Waals surface area contributed by atoms with Crippen LogP contribution in [0, 0.1) is 20.8 Å². The van der Waals surface area contributed by atoms with Crippen LogP contribution in [0.1, 0.15) is 32.8 Å². The van der Waals surface area contributed by atoms with Gasteiger partial charge in [0.05, 0.1) is 24.1 Å². The van der Waals surface area contributed by atoms with E-state index in [2.05, 4.69) is 22.3 Å². The van der Waals surface area contributed by atoms with Crippen LogP contribution in [-0.2, 0) is 6.54 Å². The minimum absolute atomic E-state index is 0.0819. The number of furan rings is 1. The monoisotopic (exact) mass is 417 g/mol. The van der Waals surface area contributed by atoms with Gasteiger partial charge in [-0.05, 0) is 49.6 Å². The largest absolute Gasteiger partial charge is 0.469 e. The molecule has 0 saturated heterocycles. The number of carbonyl (C=O) groups excluding carboxylic acids is 1. The lowest BCUT2D eigenvalue weighted by molar-refractivity contribution is 0.102. The minimum Gasteiger partial charge on any atom is -0.469 e. The molecule has 2 aromatic heterocycles. The first kappa shape index (κ1) is 20.2. The molecule has 0 unspecified atom stereocenters. The van der Waals surface area contributed by atoms with E-state index in [-0.39, 0.29) is 5.78 Å². The number of carbonyl (C=O) groups is 1. The Kier molecular flexibility index (Phi) is 5.86. The third-order valence-corrected chi connectivity index (χ3v) is 6.13. The van der Waals surface area contributed by atoms with Gasteiger partial charge in [0.15, 0.2) is 16.8 Å². The first-order chi connectivity index (χ1) is 14.5. The molecule has 0 aliphatic rings. The lowest BCUT2D eigenvalue weighted by atomic mass is 10.0. The van der Waals surface area contributed by atoms with Crippen LogP contribution in [0.5, 0.6) is 0 Å². The first-order valence-corrected chi connectivity index (χ1v) is 10.8. The quantitative estimate of drug-likeness (QED) is 0.294. The third-order valence-electron chi connectivity index (χ3n) is 5.16. The molecule has 0 aliphatic heterocycles. The maximum Gasteiger partial charge on any atom is 0.192 e. The Morgan fingerprint density at radius 2 is 1.80 bits per heavy atom. The number of hydrogen-bond acceptors (Lipinski definition) is 5. The number of Topliss-reactive ketones (excluding diaryl/α,β-unsaturated/α-hetero) is 1. The van der Waals surface area contributed by atoms with Gasteiger partial charge in [-0.1, -0.05) is 54.2 Å². The zero-order valence-corrected chi connectivity index (χ0v) is 18.1. The first-order valence-electron chi connectivity index (χ1n) is 9.78. The summed E-state index contributed by atoms with van der Waals surface area (Å²) < 4.78 is 7.52. The molecule has 0 atom stereocenters. The normalized spacial score (nSPS) is 11.0. The number of ketones is 1. The number of nitrogens with zero attached hydrogens (tertiary/aromatic N) is 3. The highest BCUT2D eigenvalue weighted by Crippen LogP contribution is 2.28. The summed E-state index contributed by atoms with van der Waals surface area (Å²) in [5, 5.41) is 9.52. The Morgan fingerprint density at radius 1 is 1.00 bits per heavy atom. The van der Waals surface area contributed by atoms with Crippen molar-refractivity contribution in [2.75, 3.05) is 5.75 Å². The number of benzene rings is 2. The fourth-order valence-electron chi connectivity index (χ4n) is 3.25. The van der Waals surface area contributed by atoms with E-state index in [0.29, 0.717) is 17.5 Å². The van der Waals surface area contributed by atoms with E-state index in [1.54, 1.807) is 6.26 Å². The van der Waals surface area contributed by atoms with E-state index in [0.717, 1.165) is 33.8 Å². The molecule has 0 aliphatic carbocycles. The van der Waals surface area contributed by atoms with Crippen molar-refractivity contribution in [2.24, 2.45) is 0 Å². The average molecular weight is 418 g/mol. The Bertz CT molecular complexity index is 1180. The summed E-state index contributed by atoms with van der Waals surface area (Å²) in [5.74, 6) is 1.92. The van der Waals surface area contributed by atoms with Crippen LogP contribution >= 0.6 is 11.8 Å². The topological polar surface area (TPSA) is 60.9 Å². The molecule has 30 heavy (non-hydrogen) atoms. The van der Waals surface area contributed by atoms with E-state index in [4.69, 9.17) is 4.42 Å². The summed E-state index contributed by atoms with van der Waals surface area (Å²) in [6.45, 7) is 6.60. The molecule has 0 radical (unpaired) electrons. The van der Waals surface area contributed by atoms with E-state index in [1.165, 1.54) is 17.3 Å². The lowest BCUT2D eigenvalue weighted by Gasteiger charge is -2.10. The molecule has 6 heteroatoms. The van der Waals surface area contributed by atoms with Crippen LogP contribution in [0.25, 0.3) is 11.4 Å². The molecule has 5 nitrogen and oxygen atoms in total. The van der Waals surface area contributed by atoms with Gasteiger partial charge in [0.1, 0.15) is 5.76 Å². The number of aryl methyl sites for hydroxylation is 3. The summed E-state index contributed by atoms with van der Waals surface area (Å²) in [4.78, 5) is 12.7. The Hall–Kier alpha value is -3.12. The summed E-state index contributed by atoms with van der Waals surface area (Å²) in [6.07, 6.45) is 1.66. The van der Waals surface area contributed by atoms with E-state index < -0.39 is 0 Å². The second-order valence-electron chi connectivity index (χ2n) is 7.28. The van der Waals surface area contributed by atoms with Gasteiger partial charge in [0, 0.05) is 5.56 Å². The molecular weight excluding hydrogens is 394 g/mol. The second-order valence-corrected chi connectivity index (χ2v) is 8.22. The second kappa shape index (κ2) is 8.71. The fraction of sp³-hybridized carbons (Fsp3) is 0.208. The highest BCUT2D eigenvalue weighted by atomic mass is 32.2. The van der Waals surface area contributed by atoms with Crippen molar-refractivity contribution in [3.63, 3.8) is 0 Å². The molecular formula is C24H23N3O2S. The molecule has 4 aromatic rings. The number of thioether (sulfide) groups is 1. The SMILES string of the molecule is Cc1ccc(C(=O)CSc2nnc(-c3ccoc3C)n2Cc2ccccc2)cc1C. The van der Waals surface area contributed by atoms with Crippen LogP contribution in [0.15, 0.2) is 70.4 Å². The summed E-state index contributed by atoms with van der Waals surface area (Å²) in [5.41, 5.74) is 5.08. The molecule has 0 fully saturated rings. The molecule has 4 rings (SSSR count). The van der Waals surface area contributed by atoms with Crippen LogP contribution < -0.4 is 0 Å². The Morgan fingerprint density at radius 3 is 2.50 bits per heavy atom. The standard InChI is InChI=1S/C24H23N3O2S/c1-16-9-10-20(13-17(16)2)22(28)15-30-24-26-25-23(21-11-12-29-18(21)3)27(24)14-19-7-5-4-6-8-19/h4-13H,14-15H2,1-3H3. The van der Waals surface area contributed by atoms with Gasteiger partial charge in [-0.3, -0.25) is 9.36 Å². The summed E-state index contributed by atoms with van der Waals surface area (Å²) >= 11 is 1.41. The number of hydrogen-bond donors (Lipinski definition) is 0. The van der Waals surface area contributed by atoms with Crippen molar-refractivity contribution < 1.29 is 9.21 Å². The maximum absolute atomic E-state index is 12.7. The van der Waals surface area contributed by atoms with Crippen LogP contribution in [-0.4, -0.2) is 26.3 Å². The Balaban J connectivity index is 1.61. The summed E-state index contributed by atoms with van der Waals surface area (Å²) in [7, 11) is 0.